The van der Waals surface area contributed by atoms with Crippen LogP contribution in [0.5, 0.6) is 0 Å². The van der Waals surface area contributed by atoms with Crippen molar-refractivity contribution in [2.45, 2.75) is 13.8 Å². The SMILES string of the molecule is Brc1ccc(-c2ccccc2)cn1.CC. The van der Waals surface area contributed by atoms with E-state index in [1.165, 1.54) is 5.56 Å². The molecule has 2 rings (SSSR count). The van der Waals surface area contributed by atoms with Crippen LogP contribution in [0.3, 0.4) is 0 Å². The molecule has 1 aromatic carbocycles. The Kier molecular flexibility index (Phi) is 5.05. The van der Waals surface area contributed by atoms with Gasteiger partial charge in [0.05, 0.1) is 0 Å². The molecule has 0 radical (unpaired) electrons. The van der Waals surface area contributed by atoms with E-state index in [1.807, 2.05) is 50.4 Å². The van der Waals surface area contributed by atoms with Gasteiger partial charge in [-0.1, -0.05) is 50.2 Å². The second-order valence-electron chi connectivity index (χ2n) is 2.74. The summed E-state index contributed by atoms with van der Waals surface area (Å²) in [7, 11) is 0. The van der Waals surface area contributed by atoms with Crippen molar-refractivity contribution >= 4 is 15.9 Å². The van der Waals surface area contributed by atoms with Crippen molar-refractivity contribution in [3.63, 3.8) is 0 Å². The number of hydrogen-bond acceptors (Lipinski definition) is 1. The minimum Gasteiger partial charge on any atom is -0.249 e. The summed E-state index contributed by atoms with van der Waals surface area (Å²) in [6.45, 7) is 4.00. The monoisotopic (exact) mass is 263 g/mol. The average molecular weight is 264 g/mol. The van der Waals surface area contributed by atoms with Gasteiger partial charge in [-0.2, -0.15) is 0 Å². The van der Waals surface area contributed by atoms with E-state index in [4.69, 9.17) is 0 Å². The predicted octanol–water partition coefficient (Wildman–Crippen LogP) is 4.54. The summed E-state index contributed by atoms with van der Waals surface area (Å²) in [5.74, 6) is 0. The Bertz CT molecular complexity index is 381. The van der Waals surface area contributed by atoms with Gasteiger partial charge >= 0.3 is 0 Å². The van der Waals surface area contributed by atoms with Crippen molar-refractivity contribution in [3.8, 4) is 11.1 Å². The van der Waals surface area contributed by atoms with E-state index >= 15 is 0 Å². The molecular weight excluding hydrogens is 250 g/mol. The first-order valence-electron chi connectivity index (χ1n) is 5.03. The van der Waals surface area contributed by atoms with Gasteiger partial charge in [0, 0.05) is 11.8 Å². The second-order valence-corrected chi connectivity index (χ2v) is 3.55. The fourth-order valence-corrected chi connectivity index (χ4v) is 1.41. The van der Waals surface area contributed by atoms with Crippen LogP contribution in [0.2, 0.25) is 0 Å². The van der Waals surface area contributed by atoms with E-state index < -0.39 is 0 Å². The van der Waals surface area contributed by atoms with Crippen molar-refractivity contribution in [1.29, 1.82) is 0 Å². The Hall–Kier alpha value is -1.15. The molecule has 0 aliphatic heterocycles. The highest BCUT2D eigenvalue weighted by molar-refractivity contribution is 9.10. The van der Waals surface area contributed by atoms with E-state index in [0.29, 0.717) is 0 Å². The zero-order valence-corrected chi connectivity index (χ0v) is 10.5. The van der Waals surface area contributed by atoms with Crippen molar-refractivity contribution in [3.05, 3.63) is 53.3 Å². The van der Waals surface area contributed by atoms with Crippen LogP contribution in [0.1, 0.15) is 13.8 Å². The maximum atomic E-state index is 4.17. The lowest BCUT2D eigenvalue weighted by molar-refractivity contribution is 1.28. The third-order valence-electron chi connectivity index (χ3n) is 1.83. The van der Waals surface area contributed by atoms with Crippen LogP contribution in [0.4, 0.5) is 0 Å². The first-order valence-corrected chi connectivity index (χ1v) is 5.82. The minimum atomic E-state index is 0.868. The van der Waals surface area contributed by atoms with Crippen LogP contribution in [0.15, 0.2) is 53.3 Å². The lowest BCUT2D eigenvalue weighted by Gasteiger charge is -1.99. The van der Waals surface area contributed by atoms with Gasteiger partial charge in [0.1, 0.15) is 4.60 Å². The maximum Gasteiger partial charge on any atom is 0.106 e. The number of halogens is 1. The molecule has 0 amide bonds. The number of aromatic nitrogens is 1. The molecule has 0 aliphatic rings. The lowest BCUT2D eigenvalue weighted by atomic mass is 10.1. The third kappa shape index (κ3) is 3.48. The highest BCUT2D eigenvalue weighted by Crippen LogP contribution is 2.18. The van der Waals surface area contributed by atoms with Crippen LogP contribution in [-0.4, -0.2) is 4.98 Å². The molecule has 0 bridgehead atoms. The minimum absolute atomic E-state index is 0.868. The Labute approximate surface area is 99.3 Å². The van der Waals surface area contributed by atoms with Gasteiger partial charge in [0.2, 0.25) is 0 Å². The molecule has 2 heteroatoms. The predicted molar refractivity (Wildman–Crippen MR) is 68.7 cm³/mol. The molecule has 0 N–H and O–H groups in total. The van der Waals surface area contributed by atoms with E-state index in [-0.39, 0.29) is 0 Å². The largest absolute Gasteiger partial charge is 0.249 e. The Morgan fingerprint density at radius 2 is 1.53 bits per heavy atom. The molecular formula is C13H14BrN. The van der Waals surface area contributed by atoms with Gasteiger partial charge in [-0.05, 0) is 27.6 Å². The topological polar surface area (TPSA) is 12.9 Å². The second kappa shape index (κ2) is 6.36. The van der Waals surface area contributed by atoms with Gasteiger partial charge in [-0.3, -0.25) is 0 Å². The zero-order chi connectivity index (χ0) is 11.1. The van der Waals surface area contributed by atoms with E-state index in [0.717, 1.165) is 10.2 Å². The van der Waals surface area contributed by atoms with Crippen molar-refractivity contribution in [2.75, 3.05) is 0 Å². The number of nitrogens with zero attached hydrogens (tertiary/aromatic N) is 1. The molecule has 1 aromatic heterocycles. The highest BCUT2D eigenvalue weighted by atomic mass is 79.9. The van der Waals surface area contributed by atoms with Crippen LogP contribution in [-0.2, 0) is 0 Å². The van der Waals surface area contributed by atoms with Crippen molar-refractivity contribution in [1.82, 2.24) is 4.98 Å². The molecule has 0 atom stereocenters. The van der Waals surface area contributed by atoms with Gasteiger partial charge in [-0.25, -0.2) is 4.98 Å². The molecule has 1 heterocycles. The average Bonchev–Trinajstić information content (AvgIpc) is 2.34. The molecule has 0 spiro atoms. The maximum absolute atomic E-state index is 4.17. The number of benzene rings is 1. The quantitative estimate of drug-likeness (QED) is 0.689. The molecule has 0 saturated carbocycles. The Morgan fingerprint density at radius 1 is 0.867 bits per heavy atom. The summed E-state index contributed by atoms with van der Waals surface area (Å²) in [6, 6.07) is 14.2. The third-order valence-corrected chi connectivity index (χ3v) is 2.30. The molecule has 1 nitrogen and oxygen atoms in total. The molecule has 2 aromatic rings. The number of hydrogen-bond donors (Lipinski definition) is 0. The van der Waals surface area contributed by atoms with Crippen molar-refractivity contribution < 1.29 is 0 Å². The first kappa shape index (κ1) is 11.9. The van der Waals surface area contributed by atoms with Gasteiger partial charge in [0.25, 0.3) is 0 Å². The summed E-state index contributed by atoms with van der Waals surface area (Å²) in [5, 5.41) is 0. The fourth-order valence-electron chi connectivity index (χ4n) is 1.18. The number of pyridine rings is 1. The summed E-state index contributed by atoms with van der Waals surface area (Å²) in [5.41, 5.74) is 2.34. The molecule has 15 heavy (non-hydrogen) atoms. The molecule has 78 valence electrons. The molecule has 0 fully saturated rings. The van der Waals surface area contributed by atoms with Crippen LogP contribution in [0.25, 0.3) is 11.1 Å². The Balaban J connectivity index is 0.000000531. The van der Waals surface area contributed by atoms with Crippen LogP contribution in [0, 0.1) is 0 Å². The summed E-state index contributed by atoms with van der Waals surface area (Å²) >= 11 is 3.31. The van der Waals surface area contributed by atoms with Gasteiger partial charge in [-0.15, -0.1) is 0 Å². The van der Waals surface area contributed by atoms with Crippen molar-refractivity contribution in [2.24, 2.45) is 0 Å². The summed E-state index contributed by atoms with van der Waals surface area (Å²) < 4.78 is 0.868. The molecule has 0 aliphatic carbocycles. The Morgan fingerprint density at radius 3 is 2.07 bits per heavy atom. The van der Waals surface area contributed by atoms with E-state index in [2.05, 4.69) is 33.0 Å². The van der Waals surface area contributed by atoms with E-state index in [9.17, 15) is 0 Å². The molecule has 0 unspecified atom stereocenters. The highest BCUT2D eigenvalue weighted by Gasteiger charge is 1.95. The van der Waals surface area contributed by atoms with Gasteiger partial charge < -0.3 is 0 Å². The molecule has 0 saturated heterocycles. The van der Waals surface area contributed by atoms with Gasteiger partial charge in [0.15, 0.2) is 0 Å². The number of rotatable bonds is 1. The summed E-state index contributed by atoms with van der Waals surface area (Å²) in [4.78, 5) is 4.17. The summed E-state index contributed by atoms with van der Waals surface area (Å²) in [6.07, 6.45) is 1.86. The van der Waals surface area contributed by atoms with E-state index in [1.54, 1.807) is 0 Å². The zero-order valence-electron chi connectivity index (χ0n) is 8.94. The van der Waals surface area contributed by atoms with Crippen LogP contribution >= 0.6 is 15.9 Å². The first-order chi connectivity index (χ1) is 7.36. The fraction of sp³-hybridized carbons (Fsp3) is 0.154. The smallest absolute Gasteiger partial charge is 0.106 e. The normalized spacial score (nSPS) is 9.00. The standard InChI is InChI=1S/C11H8BrN.C2H6/c12-11-7-6-10(8-13-11)9-4-2-1-3-5-9;1-2/h1-8H;1-2H3. The lowest BCUT2D eigenvalue weighted by Crippen LogP contribution is -1.79. The van der Waals surface area contributed by atoms with Crippen LogP contribution < -0.4 is 0 Å².